The molecule has 3 rings (SSSR count). The molecule has 8 nitrogen and oxygen atoms in total. The van der Waals surface area contributed by atoms with Crippen molar-refractivity contribution in [2.75, 3.05) is 38.0 Å². The highest BCUT2D eigenvalue weighted by molar-refractivity contribution is 7.80. The summed E-state index contributed by atoms with van der Waals surface area (Å²) >= 11 is -2.19. The van der Waals surface area contributed by atoms with Crippen molar-refractivity contribution in [2.24, 2.45) is 0 Å². The van der Waals surface area contributed by atoms with Crippen LogP contribution in [0.3, 0.4) is 0 Å². The summed E-state index contributed by atoms with van der Waals surface area (Å²) in [6, 6.07) is 10.7. The van der Waals surface area contributed by atoms with Gasteiger partial charge in [-0.2, -0.15) is 0 Å². The second kappa shape index (κ2) is 9.68. The van der Waals surface area contributed by atoms with Gasteiger partial charge in [-0.1, -0.05) is 6.07 Å². The Kier molecular flexibility index (Phi) is 7.01. The lowest BCUT2D eigenvalue weighted by molar-refractivity contribution is 0.0715. The summed E-state index contributed by atoms with van der Waals surface area (Å²) in [6.07, 6.45) is 0.562. The molecule has 1 atom stereocenters. The summed E-state index contributed by atoms with van der Waals surface area (Å²) in [5.41, 5.74) is 0.793. The Bertz CT molecular complexity index is 954. The molecule has 160 valence electrons. The van der Waals surface area contributed by atoms with Crippen molar-refractivity contribution >= 4 is 28.8 Å². The number of hydrogen-bond donors (Lipinski definition) is 2. The van der Waals surface area contributed by atoms with Crippen molar-refractivity contribution < 1.29 is 27.5 Å². The summed E-state index contributed by atoms with van der Waals surface area (Å²) < 4.78 is 41.3. The molecule has 1 aliphatic rings. The lowest BCUT2D eigenvalue weighted by Crippen LogP contribution is -2.37. The van der Waals surface area contributed by atoms with Gasteiger partial charge in [0.05, 0.1) is 12.7 Å². The lowest BCUT2D eigenvalue weighted by Gasteiger charge is -2.22. The van der Waals surface area contributed by atoms with Gasteiger partial charge >= 0.3 is 0 Å². The first-order valence-electron chi connectivity index (χ1n) is 9.29. The van der Waals surface area contributed by atoms with Gasteiger partial charge in [0, 0.05) is 37.4 Å². The van der Waals surface area contributed by atoms with Crippen molar-refractivity contribution in [1.82, 2.24) is 9.80 Å². The first-order chi connectivity index (χ1) is 14.4. The molecule has 10 heteroatoms. The van der Waals surface area contributed by atoms with Crippen LogP contribution in [0.1, 0.15) is 27.1 Å². The highest BCUT2D eigenvalue weighted by atomic mass is 32.2. The van der Waals surface area contributed by atoms with Gasteiger partial charge < -0.3 is 14.5 Å². The molecule has 0 aromatic heterocycles. The molecule has 1 aliphatic heterocycles. The molecule has 1 fully saturated rings. The summed E-state index contributed by atoms with van der Waals surface area (Å²) in [4.78, 5) is 28.8. The van der Waals surface area contributed by atoms with Crippen LogP contribution in [0.5, 0.6) is 5.75 Å². The van der Waals surface area contributed by atoms with Crippen molar-refractivity contribution in [1.29, 1.82) is 0 Å². The summed E-state index contributed by atoms with van der Waals surface area (Å²) in [6.45, 7) is 1.47. The molecule has 2 aromatic rings. The normalized spacial score (nSPS) is 15.3. The fourth-order valence-corrected chi connectivity index (χ4v) is 3.63. The van der Waals surface area contributed by atoms with Crippen LogP contribution in [0.2, 0.25) is 0 Å². The number of halogens is 1. The van der Waals surface area contributed by atoms with E-state index in [9.17, 15) is 18.2 Å². The van der Waals surface area contributed by atoms with E-state index in [1.165, 1.54) is 24.1 Å². The average molecular weight is 435 g/mol. The van der Waals surface area contributed by atoms with Crippen molar-refractivity contribution in [3.63, 3.8) is 0 Å². The maximum atomic E-state index is 14.4. The third kappa shape index (κ3) is 4.95. The van der Waals surface area contributed by atoms with Crippen molar-refractivity contribution in [3.05, 3.63) is 59.4 Å². The van der Waals surface area contributed by atoms with Crippen LogP contribution >= 0.6 is 0 Å². The molecule has 2 amide bonds. The predicted octanol–water partition coefficient (Wildman–Crippen LogP) is 2.37. The quantitative estimate of drug-likeness (QED) is 0.703. The fraction of sp³-hybridized carbons (Fsp3) is 0.300. The number of anilines is 1. The summed E-state index contributed by atoms with van der Waals surface area (Å²) in [5.74, 6) is -1.32. The van der Waals surface area contributed by atoms with Crippen LogP contribution in [0.15, 0.2) is 42.5 Å². The van der Waals surface area contributed by atoms with Gasteiger partial charge in [-0.3, -0.25) is 18.9 Å². The highest BCUT2D eigenvalue weighted by Crippen LogP contribution is 2.22. The Balaban J connectivity index is 1.66. The van der Waals surface area contributed by atoms with E-state index >= 15 is 0 Å². The zero-order valence-corrected chi connectivity index (χ0v) is 17.2. The Morgan fingerprint density at radius 1 is 1.03 bits per heavy atom. The van der Waals surface area contributed by atoms with Gasteiger partial charge in [0.15, 0.2) is 11.6 Å². The van der Waals surface area contributed by atoms with Crippen LogP contribution < -0.4 is 9.46 Å². The largest absolute Gasteiger partial charge is 0.494 e. The number of nitrogens with one attached hydrogen (secondary N) is 1. The Morgan fingerprint density at radius 3 is 2.27 bits per heavy atom. The van der Waals surface area contributed by atoms with E-state index in [1.807, 2.05) is 0 Å². The van der Waals surface area contributed by atoms with E-state index in [4.69, 9.17) is 9.29 Å². The molecule has 0 spiro atoms. The minimum atomic E-state index is -2.19. The van der Waals surface area contributed by atoms with E-state index in [0.29, 0.717) is 37.3 Å². The molecule has 1 saturated heterocycles. The SMILES string of the molecule is COc1cccc(C(=O)N2CCCN(C(=O)c3ccc(NS(=O)O)cc3)CC2)c1F. The lowest BCUT2D eigenvalue weighted by atomic mass is 10.1. The number of carbonyl (C=O) groups is 2. The third-order valence-corrected chi connectivity index (χ3v) is 5.23. The summed E-state index contributed by atoms with van der Waals surface area (Å²) in [7, 11) is 1.34. The molecule has 2 N–H and O–H groups in total. The molecule has 0 saturated carbocycles. The van der Waals surface area contributed by atoms with Crippen LogP contribution in [0.25, 0.3) is 0 Å². The number of carbonyl (C=O) groups excluding carboxylic acids is 2. The van der Waals surface area contributed by atoms with Gasteiger partial charge in [-0.15, -0.1) is 0 Å². The highest BCUT2D eigenvalue weighted by Gasteiger charge is 2.26. The van der Waals surface area contributed by atoms with Crippen LogP contribution in [-0.2, 0) is 11.3 Å². The van der Waals surface area contributed by atoms with E-state index in [0.717, 1.165) is 0 Å². The maximum Gasteiger partial charge on any atom is 0.259 e. The molecule has 30 heavy (non-hydrogen) atoms. The molecule has 0 bridgehead atoms. The van der Waals surface area contributed by atoms with Crippen LogP contribution in [0, 0.1) is 5.82 Å². The second-order valence-electron chi connectivity index (χ2n) is 6.69. The van der Waals surface area contributed by atoms with Crippen LogP contribution in [-0.4, -0.2) is 63.7 Å². The molecule has 1 heterocycles. The minimum absolute atomic E-state index is 0.00967. The molecular weight excluding hydrogens is 413 g/mol. The van der Waals surface area contributed by atoms with Gasteiger partial charge in [-0.25, -0.2) is 8.60 Å². The number of ether oxygens (including phenoxy) is 1. The number of hydrogen-bond acceptors (Lipinski definition) is 4. The number of amides is 2. The third-order valence-electron chi connectivity index (χ3n) is 4.82. The topological polar surface area (TPSA) is 99.2 Å². The fourth-order valence-electron chi connectivity index (χ4n) is 3.29. The van der Waals surface area contributed by atoms with Gasteiger partial charge in [0.25, 0.3) is 23.1 Å². The van der Waals surface area contributed by atoms with Crippen molar-refractivity contribution in [2.45, 2.75) is 6.42 Å². The molecule has 0 radical (unpaired) electrons. The minimum Gasteiger partial charge on any atom is -0.494 e. The van der Waals surface area contributed by atoms with Crippen molar-refractivity contribution in [3.8, 4) is 5.75 Å². The predicted molar refractivity (Wildman–Crippen MR) is 110 cm³/mol. The smallest absolute Gasteiger partial charge is 0.259 e. The van der Waals surface area contributed by atoms with Gasteiger partial charge in [0.1, 0.15) is 0 Å². The van der Waals surface area contributed by atoms with Gasteiger partial charge in [-0.05, 0) is 42.8 Å². The number of methoxy groups -OCH3 is 1. The molecular formula is C20H22FN3O5S. The maximum absolute atomic E-state index is 14.4. The van der Waals surface area contributed by atoms with E-state index in [1.54, 1.807) is 35.2 Å². The monoisotopic (exact) mass is 435 g/mol. The Hall–Kier alpha value is -2.98. The van der Waals surface area contributed by atoms with Crippen LogP contribution in [0.4, 0.5) is 10.1 Å². The average Bonchev–Trinajstić information content (AvgIpc) is 2.99. The standard InChI is InChI=1S/C20H22FN3O5S/c1-29-17-5-2-4-16(18(17)21)20(26)24-11-3-10-23(12-13-24)19(25)14-6-8-15(9-7-14)22-30(27)28/h2,4-9,22H,3,10-13H2,1H3,(H,27,28). The Labute approximate surface area is 176 Å². The van der Waals surface area contributed by atoms with E-state index in [-0.39, 0.29) is 23.8 Å². The number of benzene rings is 2. The molecule has 2 aromatic carbocycles. The Morgan fingerprint density at radius 2 is 1.67 bits per heavy atom. The summed E-state index contributed by atoms with van der Waals surface area (Å²) in [5, 5.41) is 0. The molecule has 1 unspecified atom stereocenters. The first-order valence-corrected chi connectivity index (χ1v) is 10.4. The zero-order chi connectivity index (χ0) is 21.7. The van der Waals surface area contributed by atoms with E-state index < -0.39 is 23.0 Å². The first kappa shape index (κ1) is 21.7. The molecule has 0 aliphatic carbocycles. The second-order valence-corrected chi connectivity index (χ2v) is 7.39. The zero-order valence-electron chi connectivity index (χ0n) is 16.3. The van der Waals surface area contributed by atoms with E-state index in [2.05, 4.69) is 4.72 Å². The number of rotatable bonds is 5. The number of nitrogens with zero attached hydrogens (tertiary/aromatic N) is 2. The van der Waals surface area contributed by atoms with Gasteiger partial charge in [0.2, 0.25) is 0 Å².